The van der Waals surface area contributed by atoms with Crippen molar-refractivity contribution in [1.82, 2.24) is 4.90 Å². The minimum Gasteiger partial charge on any atom is -0.507 e. The van der Waals surface area contributed by atoms with Crippen LogP contribution >= 0.6 is 0 Å². The number of likely N-dealkylation sites (tertiary alicyclic amines) is 1. The number of ketones is 1. The lowest BCUT2D eigenvalue weighted by atomic mass is 9.95. The summed E-state index contributed by atoms with van der Waals surface area (Å²) in [7, 11) is 1.56. The van der Waals surface area contributed by atoms with Crippen LogP contribution in [0.4, 0.5) is 0 Å². The Morgan fingerprint density at radius 3 is 2.27 bits per heavy atom. The largest absolute Gasteiger partial charge is 0.507 e. The highest BCUT2D eigenvalue weighted by Gasteiger charge is 2.46. The molecule has 4 rings (SSSR count). The SMILES string of the molecule is COc1cccc(C2/C(=C(\O)c3ccccc3)C(=O)C(=O)N2Cc2ccccc2)c1. The third kappa shape index (κ3) is 3.57. The first-order valence-electron chi connectivity index (χ1n) is 9.62. The van der Waals surface area contributed by atoms with E-state index in [-0.39, 0.29) is 17.9 Å². The average molecular weight is 399 g/mol. The van der Waals surface area contributed by atoms with E-state index < -0.39 is 17.7 Å². The highest BCUT2D eigenvalue weighted by atomic mass is 16.5. The minimum atomic E-state index is -0.722. The van der Waals surface area contributed by atoms with Crippen molar-refractivity contribution < 1.29 is 19.4 Å². The molecule has 1 N–H and O–H groups in total. The van der Waals surface area contributed by atoms with E-state index in [0.29, 0.717) is 16.9 Å². The van der Waals surface area contributed by atoms with Gasteiger partial charge in [0, 0.05) is 12.1 Å². The van der Waals surface area contributed by atoms with Crippen molar-refractivity contribution in [2.75, 3.05) is 7.11 Å². The molecule has 0 aliphatic carbocycles. The number of benzene rings is 3. The van der Waals surface area contributed by atoms with Crippen LogP contribution in [-0.4, -0.2) is 28.8 Å². The van der Waals surface area contributed by atoms with Crippen molar-refractivity contribution in [3.63, 3.8) is 0 Å². The van der Waals surface area contributed by atoms with E-state index in [0.717, 1.165) is 5.56 Å². The number of hydrogen-bond acceptors (Lipinski definition) is 4. The standard InChI is InChI=1S/C25H21NO4/c1-30-20-14-8-13-19(15-20)22-21(23(27)18-11-6-3-7-12-18)24(28)25(29)26(22)16-17-9-4-2-5-10-17/h2-15,22,27H,16H2,1H3/b23-21+. The molecule has 1 aliphatic heterocycles. The Hall–Kier alpha value is -3.86. The lowest BCUT2D eigenvalue weighted by Crippen LogP contribution is -2.29. The molecule has 1 heterocycles. The topological polar surface area (TPSA) is 66.8 Å². The minimum absolute atomic E-state index is 0.0791. The van der Waals surface area contributed by atoms with Crippen molar-refractivity contribution in [3.05, 3.63) is 107 Å². The van der Waals surface area contributed by atoms with E-state index in [1.807, 2.05) is 42.5 Å². The number of ether oxygens (including phenoxy) is 1. The molecule has 0 aromatic heterocycles. The maximum atomic E-state index is 13.0. The fraction of sp³-hybridized carbons (Fsp3) is 0.120. The zero-order valence-corrected chi connectivity index (χ0v) is 16.5. The molecular weight excluding hydrogens is 378 g/mol. The van der Waals surface area contributed by atoms with Crippen LogP contribution < -0.4 is 4.74 Å². The highest BCUT2D eigenvalue weighted by Crippen LogP contribution is 2.41. The number of aliphatic hydroxyl groups is 1. The molecule has 150 valence electrons. The number of amides is 1. The Labute approximate surface area is 174 Å². The van der Waals surface area contributed by atoms with Gasteiger partial charge in [0.15, 0.2) is 0 Å². The fourth-order valence-electron chi connectivity index (χ4n) is 3.73. The van der Waals surface area contributed by atoms with E-state index >= 15 is 0 Å². The van der Waals surface area contributed by atoms with Gasteiger partial charge in [-0.25, -0.2) is 0 Å². The summed E-state index contributed by atoms with van der Waals surface area (Å²) in [5.41, 5.74) is 2.16. The lowest BCUT2D eigenvalue weighted by Gasteiger charge is -2.25. The first-order chi connectivity index (χ1) is 14.6. The molecule has 1 amide bonds. The molecule has 3 aromatic rings. The van der Waals surface area contributed by atoms with Gasteiger partial charge in [-0.1, -0.05) is 72.8 Å². The quantitative estimate of drug-likeness (QED) is 0.394. The summed E-state index contributed by atoms with van der Waals surface area (Å²) >= 11 is 0. The zero-order chi connectivity index (χ0) is 21.1. The van der Waals surface area contributed by atoms with Crippen molar-refractivity contribution in [1.29, 1.82) is 0 Å². The van der Waals surface area contributed by atoms with Crippen LogP contribution in [0, 0.1) is 0 Å². The molecule has 0 bridgehead atoms. The molecule has 30 heavy (non-hydrogen) atoms. The zero-order valence-electron chi connectivity index (χ0n) is 16.5. The van der Waals surface area contributed by atoms with Gasteiger partial charge in [-0.05, 0) is 23.3 Å². The predicted octanol–water partition coefficient (Wildman–Crippen LogP) is 4.32. The Bertz CT molecular complexity index is 1110. The maximum absolute atomic E-state index is 13.0. The van der Waals surface area contributed by atoms with Crippen LogP contribution in [0.5, 0.6) is 5.75 Å². The molecule has 5 heteroatoms. The highest BCUT2D eigenvalue weighted by molar-refractivity contribution is 6.46. The Balaban J connectivity index is 1.87. The van der Waals surface area contributed by atoms with Crippen molar-refractivity contribution >= 4 is 17.4 Å². The number of carbonyl (C=O) groups is 2. The normalized spacial score (nSPS) is 17.9. The van der Waals surface area contributed by atoms with Gasteiger partial charge in [-0.2, -0.15) is 0 Å². The second-order valence-corrected chi connectivity index (χ2v) is 7.06. The van der Waals surface area contributed by atoms with E-state index in [1.54, 1.807) is 49.6 Å². The van der Waals surface area contributed by atoms with Crippen LogP contribution in [0.25, 0.3) is 5.76 Å². The summed E-state index contributed by atoms with van der Waals surface area (Å²) in [4.78, 5) is 27.5. The summed E-state index contributed by atoms with van der Waals surface area (Å²) < 4.78 is 5.34. The number of hydrogen-bond donors (Lipinski definition) is 1. The molecule has 1 fully saturated rings. The van der Waals surface area contributed by atoms with Gasteiger partial charge < -0.3 is 14.7 Å². The van der Waals surface area contributed by atoms with Gasteiger partial charge in [0.05, 0.1) is 18.7 Å². The monoisotopic (exact) mass is 399 g/mol. The molecule has 0 saturated carbocycles. The fourth-order valence-corrected chi connectivity index (χ4v) is 3.73. The van der Waals surface area contributed by atoms with Gasteiger partial charge in [-0.15, -0.1) is 0 Å². The van der Waals surface area contributed by atoms with Crippen molar-refractivity contribution in [3.8, 4) is 5.75 Å². The van der Waals surface area contributed by atoms with E-state index in [2.05, 4.69) is 0 Å². The number of aliphatic hydroxyl groups excluding tert-OH is 1. The number of rotatable bonds is 5. The van der Waals surface area contributed by atoms with E-state index in [9.17, 15) is 14.7 Å². The van der Waals surface area contributed by atoms with Gasteiger partial charge in [0.2, 0.25) is 0 Å². The summed E-state index contributed by atoms with van der Waals surface area (Å²) in [5.74, 6) is -0.904. The third-order valence-corrected chi connectivity index (χ3v) is 5.19. The van der Waals surface area contributed by atoms with E-state index in [1.165, 1.54) is 4.90 Å². The summed E-state index contributed by atoms with van der Waals surface area (Å²) in [5, 5.41) is 11.0. The average Bonchev–Trinajstić information content (AvgIpc) is 3.05. The second kappa shape index (κ2) is 8.25. The van der Waals surface area contributed by atoms with E-state index in [4.69, 9.17) is 4.74 Å². The molecule has 5 nitrogen and oxygen atoms in total. The third-order valence-electron chi connectivity index (χ3n) is 5.19. The smallest absolute Gasteiger partial charge is 0.295 e. The molecule has 0 spiro atoms. The number of methoxy groups -OCH3 is 1. The Morgan fingerprint density at radius 1 is 0.933 bits per heavy atom. The maximum Gasteiger partial charge on any atom is 0.295 e. The molecule has 1 unspecified atom stereocenters. The van der Waals surface area contributed by atoms with Crippen LogP contribution in [0.15, 0.2) is 90.5 Å². The number of carbonyl (C=O) groups excluding carboxylic acids is 2. The van der Waals surface area contributed by atoms with Crippen LogP contribution in [-0.2, 0) is 16.1 Å². The molecule has 1 saturated heterocycles. The molecule has 0 radical (unpaired) electrons. The first kappa shape index (κ1) is 19.5. The molecule has 1 atom stereocenters. The van der Waals surface area contributed by atoms with Crippen molar-refractivity contribution in [2.24, 2.45) is 0 Å². The van der Waals surface area contributed by atoms with Gasteiger partial charge in [-0.3, -0.25) is 9.59 Å². The second-order valence-electron chi connectivity index (χ2n) is 7.06. The summed E-state index contributed by atoms with van der Waals surface area (Å²) in [6, 6.07) is 24.8. The molecule has 3 aromatic carbocycles. The first-order valence-corrected chi connectivity index (χ1v) is 9.62. The Morgan fingerprint density at radius 2 is 1.60 bits per heavy atom. The summed E-state index contributed by atoms with van der Waals surface area (Å²) in [6.45, 7) is 0.249. The molecule has 1 aliphatic rings. The predicted molar refractivity (Wildman–Crippen MR) is 114 cm³/mol. The molecular formula is C25H21NO4. The Kier molecular flexibility index (Phi) is 5.35. The van der Waals surface area contributed by atoms with Gasteiger partial charge in [0.25, 0.3) is 11.7 Å². The van der Waals surface area contributed by atoms with Crippen LogP contribution in [0.1, 0.15) is 22.7 Å². The summed E-state index contributed by atoms with van der Waals surface area (Å²) in [6.07, 6.45) is 0. The lowest BCUT2D eigenvalue weighted by molar-refractivity contribution is -0.140. The van der Waals surface area contributed by atoms with Gasteiger partial charge in [0.1, 0.15) is 11.5 Å². The van der Waals surface area contributed by atoms with Crippen LogP contribution in [0.3, 0.4) is 0 Å². The van der Waals surface area contributed by atoms with Gasteiger partial charge >= 0.3 is 0 Å². The van der Waals surface area contributed by atoms with Crippen LogP contribution in [0.2, 0.25) is 0 Å². The number of Topliss-reactive ketones (excluding diaryl/α,β-unsaturated/α-hetero) is 1. The van der Waals surface area contributed by atoms with Crippen molar-refractivity contribution in [2.45, 2.75) is 12.6 Å². The number of nitrogens with zero attached hydrogens (tertiary/aromatic N) is 1.